The second-order valence-corrected chi connectivity index (χ2v) is 5.93. The van der Waals surface area contributed by atoms with Crippen molar-refractivity contribution in [3.05, 3.63) is 33.9 Å². The summed E-state index contributed by atoms with van der Waals surface area (Å²) in [4.78, 5) is 21.8. The number of nitrogens with two attached hydrogens (primary N) is 1. The van der Waals surface area contributed by atoms with Crippen molar-refractivity contribution in [2.24, 2.45) is 11.1 Å². The number of nitro groups is 1. The van der Waals surface area contributed by atoms with Gasteiger partial charge in [-0.25, -0.2) is 0 Å². The summed E-state index contributed by atoms with van der Waals surface area (Å²) in [5.74, 6) is -0.666. The van der Waals surface area contributed by atoms with Crippen molar-refractivity contribution in [1.82, 2.24) is 0 Å². The summed E-state index contributed by atoms with van der Waals surface area (Å²) >= 11 is 0. The average Bonchev–Trinajstić information content (AvgIpc) is 2.68. The van der Waals surface area contributed by atoms with Crippen molar-refractivity contribution in [2.75, 3.05) is 5.32 Å². The molecule has 0 radical (unpaired) electrons. The summed E-state index contributed by atoms with van der Waals surface area (Å²) in [5, 5.41) is 14.4. The molecular formula is C14H19N3O3. The van der Waals surface area contributed by atoms with E-state index >= 15 is 0 Å². The number of carbonyl (C=O) groups excluding carboxylic acids is 1. The normalized spacial score (nSPS) is 20.6. The molecule has 1 aromatic carbocycles. The summed E-state index contributed by atoms with van der Waals surface area (Å²) < 4.78 is 0. The standard InChI is InChI=1S/C14H19N3O3/c1-14(2)7-3-4-12(14)16-10-6-5-9(13(15)18)8-11(10)17(19)20/h5-6,8,12,16H,3-4,7H2,1-2H3,(H2,15,18). The first-order chi connectivity index (χ1) is 9.31. The number of nitrogens with zero attached hydrogens (tertiary/aromatic N) is 1. The fraction of sp³-hybridized carbons (Fsp3) is 0.500. The third-order valence-electron chi connectivity index (χ3n) is 4.07. The molecule has 1 amide bonds. The smallest absolute Gasteiger partial charge is 0.293 e. The third kappa shape index (κ3) is 2.74. The molecule has 1 saturated carbocycles. The van der Waals surface area contributed by atoms with E-state index in [0.29, 0.717) is 5.69 Å². The van der Waals surface area contributed by atoms with Crippen LogP contribution in [0.15, 0.2) is 18.2 Å². The van der Waals surface area contributed by atoms with Crippen LogP contribution < -0.4 is 11.1 Å². The fourth-order valence-corrected chi connectivity index (χ4v) is 2.74. The van der Waals surface area contributed by atoms with E-state index in [4.69, 9.17) is 5.73 Å². The van der Waals surface area contributed by atoms with Crippen LogP contribution in [0.3, 0.4) is 0 Å². The van der Waals surface area contributed by atoms with E-state index in [1.807, 2.05) is 0 Å². The van der Waals surface area contributed by atoms with Crippen molar-refractivity contribution in [3.63, 3.8) is 0 Å². The zero-order valence-corrected chi connectivity index (χ0v) is 11.7. The molecule has 1 aromatic rings. The molecule has 0 saturated heterocycles. The van der Waals surface area contributed by atoms with Crippen molar-refractivity contribution >= 4 is 17.3 Å². The van der Waals surface area contributed by atoms with E-state index in [9.17, 15) is 14.9 Å². The second-order valence-electron chi connectivity index (χ2n) is 5.93. The summed E-state index contributed by atoms with van der Waals surface area (Å²) in [7, 11) is 0. The van der Waals surface area contributed by atoms with Gasteiger partial charge in [0.25, 0.3) is 5.69 Å². The molecule has 3 N–H and O–H groups in total. The summed E-state index contributed by atoms with van der Waals surface area (Å²) in [6.07, 6.45) is 3.19. The van der Waals surface area contributed by atoms with E-state index in [1.165, 1.54) is 12.1 Å². The van der Waals surface area contributed by atoms with Gasteiger partial charge in [-0.15, -0.1) is 0 Å². The molecule has 1 atom stereocenters. The molecule has 1 aliphatic carbocycles. The Bertz CT molecular complexity index is 555. The van der Waals surface area contributed by atoms with Crippen molar-refractivity contribution < 1.29 is 9.72 Å². The van der Waals surface area contributed by atoms with Gasteiger partial charge in [-0.05, 0) is 30.4 Å². The average molecular weight is 277 g/mol. The van der Waals surface area contributed by atoms with E-state index in [0.717, 1.165) is 19.3 Å². The number of hydrogen-bond donors (Lipinski definition) is 2. The third-order valence-corrected chi connectivity index (χ3v) is 4.07. The molecular weight excluding hydrogens is 258 g/mol. The lowest BCUT2D eigenvalue weighted by Crippen LogP contribution is -2.31. The van der Waals surface area contributed by atoms with E-state index in [1.54, 1.807) is 6.07 Å². The fourth-order valence-electron chi connectivity index (χ4n) is 2.74. The minimum atomic E-state index is -0.666. The molecule has 0 spiro atoms. The maximum absolute atomic E-state index is 11.1. The first-order valence-electron chi connectivity index (χ1n) is 6.66. The van der Waals surface area contributed by atoms with Crippen molar-refractivity contribution in [3.8, 4) is 0 Å². The highest BCUT2D eigenvalue weighted by Gasteiger charge is 2.35. The second kappa shape index (κ2) is 5.11. The van der Waals surface area contributed by atoms with Crippen LogP contribution in [0.5, 0.6) is 0 Å². The van der Waals surface area contributed by atoms with Crippen LogP contribution in [0.4, 0.5) is 11.4 Å². The molecule has 1 fully saturated rings. The van der Waals surface area contributed by atoms with Crippen LogP contribution in [0, 0.1) is 15.5 Å². The number of benzene rings is 1. The van der Waals surface area contributed by atoms with Crippen LogP contribution >= 0.6 is 0 Å². The largest absolute Gasteiger partial charge is 0.376 e. The number of rotatable bonds is 4. The van der Waals surface area contributed by atoms with E-state index in [-0.39, 0.29) is 22.7 Å². The van der Waals surface area contributed by atoms with Crippen molar-refractivity contribution in [2.45, 2.75) is 39.2 Å². The molecule has 108 valence electrons. The maximum atomic E-state index is 11.1. The highest BCUT2D eigenvalue weighted by atomic mass is 16.6. The van der Waals surface area contributed by atoms with E-state index < -0.39 is 10.8 Å². The number of nitrogens with one attached hydrogen (secondary N) is 1. The molecule has 6 heteroatoms. The summed E-state index contributed by atoms with van der Waals surface area (Å²) in [6.45, 7) is 4.31. The van der Waals surface area contributed by atoms with Crippen LogP contribution in [0.2, 0.25) is 0 Å². The molecule has 1 aliphatic rings. The molecule has 0 aliphatic heterocycles. The van der Waals surface area contributed by atoms with Crippen LogP contribution in [0.1, 0.15) is 43.5 Å². The highest BCUT2D eigenvalue weighted by Crippen LogP contribution is 2.40. The molecule has 1 unspecified atom stereocenters. The molecule has 6 nitrogen and oxygen atoms in total. The van der Waals surface area contributed by atoms with Gasteiger partial charge >= 0.3 is 0 Å². The van der Waals surface area contributed by atoms with Crippen LogP contribution in [0.25, 0.3) is 0 Å². The summed E-state index contributed by atoms with van der Waals surface area (Å²) in [6, 6.07) is 4.50. The molecule has 2 rings (SSSR count). The molecule has 0 aromatic heterocycles. The molecule has 20 heavy (non-hydrogen) atoms. The Balaban J connectivity index is 2.32. The quantitative estimate of drug-likeness (QED) is 0.653. The number of primary amides is 1. The van der Waals surface area contributed by atoms with Gasteiger partial charge in [-0.2, -0.15) is 0 Å². The Labute approximate surface area is 117 Å². The number of amides is 1. The van der Waals surface area contributed by atoms with E-state index in [2.05, 4.69) is 19.2 Å². The van der Waals surface area contributed by atoms with Gasteiger partial charge in [0.05, 0.1) is 4.92 Å². The Kier molecular flexibility index (Phi) is 3.65. The van der Waals surface area contributed by atoms with Gasteiger partial charge in [0.15, 0.2) is 0 Å². The van der Waals surface area contributed by atoms with Gasteiger partial charge in [0.1, 0.15) is 5.69 Å². The lowest BCUT2D eigenvalue weighted by Gasteiger charge is -2.28. The minimum Gasteiger partial charge on any atom is -0.376 e. The topological polar surface area (TPSA) is 98.3 Å². The van der Waals surface area contributed by atoms with Crippen molar-refractivity contribution in [1.29, 1.82) is 0 Å². The summed E-state index contributed by atoms with van der Waals surface area (Å²) in [5.41, 5.74) is 5.75. The van der Waals surface area contributed by atoms with Gasteiger partial charge in [-0.1, -0.05) is 20.3 Å². The van der Waals surface area contributed by atoms with Gasteiger partial charge in [0, 0.05) is 17.7 Å². The predicted molar refractivity (Wildman–Crippen MR) is 76.7 cm³/mol. The zero-order valence-electron chi connectivity index (χ0n) is 11.7. The maximum Gasteiger partial charge on any atom is 0.293 e. The van der Waals surface area contributed by atoms with Gasteiger partial charge < -0.3 is 11.1 Å². The Hall–Kier alpha value is -2.11. The Morgan fingerprint density at radius 3 is 2.70 bits per heavy atom. The molecule has 0 bridgehead atoms. The number of carbonyl (C=O) groups is 1. The Morgan fingerprint density at radius 2 is 2.20 bits per heavy atom. The van der Waals surface area contributed by atoms with Gasteiger partial charge in [-0.3, -0.25) is 14.9 Å². The lowest BCUT2D eigenvalue weighted by molar-refractivity contribution is -0.384. The number of nitro benzene ring substituents is 1. The zero-order chi connectivity index (χ0) is 14.9. The van der Waals surface area contributed by atoms with Crippen LogP contribution in [-0.4, -0.2) is 16.9 Å². The Morgan fingerprint density at radius 1 is 1.50 bits per heavy atom. The number of hydrogen-bond acceptors (Lipinski definition) is 4. The molecule has 0 heterocycles. The SMILES string of the molecule is CC1(C)CCCC1Nc1ccc(C(N)=O)cc1[N+](=O)[O-]. The van der Waals surface area contributed by atoms with Gasteiger partial charge in [0.2, 0.25) is 5.91 Å². The van der Waals surface area contributed by atoms with Crippen LogP contribution in [-0.2, 0) is 0 Å². The lowest BCUT2D eigenvalue weighted by atomic mass is 9.87. The first-order valence-corrected chi connectivity index (χ1v) is 6.66. The predicted octanol–water partition coefficient (Wildman–Crippen LogP) is 2.68. The minimum absolute atomic E-state index is 0.107. The number of anilines is 1. The first kappa shape index (κ1) is 14.3. The highest BCUT2D eigenvalue weighted by molar-refractivity contribution is 5.94. The monoisotopic (exact) mass is 277 g/mol.